The van der Waals surface area contributed by atoms with Gasteiger partial charge in [-0.25, -0.2) is 9.39 Å². The average Bonchev–Trinajstić information content (AvgIpc) is 3.09. The van der Waals surface area contributed by atoms with Crippen LogP contribution in [0.5, 0.6) is 0 Å². The highest BCUT2D eigenvalue weighted by atomic mass is 32.2. The van der Waals surface area contributed by atoms with E-state index in [0.717, 1.165) is 25.8 Å². The summed E-state index contributed by atoms with van der Waals surface area (Å²) in [5.41, 5.74) is 0.421. The van der Waals surface area contributed by atoms with Gasteiger partial charge in [0.15, 0.2) is 0 Å². The van der Waals surface area contributed by atoms with E-state index in [2.05, 4.69) is 22.1 Å². The Bertz CT molecular complexity index is 805. The lowest BCUT2D eigenvalue weighted by Crippen LogP contribution is -2.23. The molecular formula is C13H17N5O2S. The van der Waals surface area contributed by atoms with Crippen molar-refractivity contribution >= 4 is 28.6 Å². The third-order valence-corrected chi connectivity index (χ3v) is 4.37. The number of aliphatic imine (C=N–C) groups is 1. The maximum atomic E-state index is 12.5. The van der Waals surface area contributed by atoms with Crippen molar-refractivity contribution in [2.45, 2.75) is 44.3 Å². The zero-order valence-electron chi connectivity index (χ0n) is 12.1. The Morgan fingerprint density at radius 2 is 2.14 bits per heavy atom. The molecule has 0 amide bonds. The molecule has 3 rings (SSSR count). The van der Waals surface area contributed by atoms with Crippen LogP contribution < -0.4 is 5.56 Å². The minimum absolute atomic E-state index is 0.203. The van der Waals surface area contributed by atoms with Gasteiger partial charge in [0.05, 0.1) is 16.4 Å². The maximum absolute atomic E-state index is 12.5. The molecule has 1 unspecified atom stereocenters. The van der Waals surface area contributed by atoms with Gasteiger partial charge in [-0.3, -0.25) is 13.6 Å². The molecule has 0 N–H and O–H groups in total. The van der Waals surface area contributed by atoms with Crippen molar-refractivity contribution in [2.24, 2.45) is 4.99 Å². The van der Waals surface area contributed by atoms with Crippen molar-refractivity contribution in [1.29, 1.82) is 0 Å². The molecule has 0 spiro atoms. The number of hydrogen-bond acceptors (Lipinski definition) is 5. The number of unbranched alkanes of at least 4 members (excludes halogenated alkanes) is 2. The van der Waals surface area contributed by atoms with Gasteiger partial charge < -0.3 is 0 Å². The Labute approximate surface area is 124 Å². The zero-order valence-corrected chi connectivity index (χ0v) is 12.9. The smallest absolute Gasteiger partial charge is 0.267 e. The number of hydrogen-bond donors (Lipinski definition) is 0. The van der Waals surface area contributed by atoms with E-state index in [1.807, 2.05) is 4.57 Å². The van der Waals surface area contributed by atoms with Gasteiger partial charge in [0, 0.05) is 25.4 Å². The van der Waals surface area contributed by atoms with E-state index in [-0.39, 0.29) is 10.7 Å². The second kappa shape index (κ2) is 5.51. The van der Waals surface area contributed by atoms with Crippen molar-refractivity contribution in [3.8, 4) is 0 Å². The van der Waals surface area contributed by atoms with Gasteiger partial charge in [0.1, 0.15) is 5.82 Å². The van der Waals surface area contributed by atoms with Gasteiger partial charge in [0.2, 0.25) is 10.9 Å². The Hall–Kier alpha value is -1.83. The Morgan fingerprint density at radius 1 is 1.33 bits per heavy atom. The minimum Gasteiger partial charge on any atom is -0.294 e. The number of nitrogens with zero attached hydrogens (tertiary/aromatic N) is 5. The lowest BCUT2D eigenvalue weighted by Gasteiger charge is -2.12. The van der Waals surface area contributed by atoms with E-state index in [4.69, 9.17) is 0 Å². The lowest BCUT2D eigenvalue weighted by atomic mass is 10.2. The molecule has 1 atom stereocenters. The molecule has 112 valence electrons. The van der Waals surface area contributed by atoms with Gasteiger partial charge in [-0.05, 0) is 6.42 Å². The summed E-state index contributed by atoms with van der Waals surface area (Å²) in [5.74, 6) is 1.10. The highest BCUT2D eigenvalue weighted by Gasteiger charge is 2.23. The summed E-state index contributed by atoms with van der Waals surface area (Å²) in [6.07, 6.45) is 6.93. The zero-order chi connectivity index (χ0) is 15.0. The van der Waals surface area contributed by atoms with E-state index in [1.54, 1.807) is 6.21 Å². The first kappa shape index (κ1) is 14.1. The van der Waals surface area contributed by atoms with Crippen LogP contribution in [0.25, 0.3) is 5.78 Å². The highest BCUT2D eigenvalue weighted by Crippen LogP contribution is 2.24. The van der Waals surface area contributed by atoms with Gasteiger partial charge in [-0.2, -0.15) is 0 Å². The predicted octanol–water partition coefficient (Wildman–Crippen LogP) is 1.08. The van der Waals surface area contributed by atoms with Crippen LogP contribution in [0.2, 0.25) is 0 Å². The molecule has 2 aromatic heterocycles. The van der Waals surface area contributed by atoms with E-state index < -0.39 is 10.8 Å². The third kappa shape index (κ3) is 2.23. The molecule has 3 heterocycles. The number of aromatic nitrogens is 4. The first-order chi connectivity index (χ1) is 10.1. The van der Waals surface area contributed by atoms with E-state index in [0.29, 0.717) is 23.6 Å². The SMILES string of the molecule is CCCCCn1c2c(c(=O)n3c(S(C)=O)nnc13)CC=N2. The summed E-state index contributed by atoms with van der Waals surface area (Å²) < 4.78 is 15.0. The minimum atomic E-state index is -1.36. The van der Waals surface area contributed by atoms with Crippen molar-refractivity contribution in [3.05, 3.63) is 15.9 Å². The third-order valence-electron chi connectivity index (χ3n) is 3.60. The van der Waals surface area contributed by atoms with E-state index >= 15 is 0 Å². The molecule has 7 nitrogen and oxygen atoms in total. The Morgan fingerprint density at radius 3 is 2.86 bits per heavy atom. The van der Waals surface area contributed by atoms with Crippen molar-refractivity contribution in [3.63, 3.8) is 0 Å². The van der Waals surface area contributed by atoms with Crippen LogP contribution in [-0.2, 0) is 23.8 Å². The summed E-state index contributed by atoms with van der Waals surface area (Å²) in [4.78, 5) is 16.9. The molecule has 0 radical (unpaired) electrons. The topological polar surface area (TPSA) is 81.6 Å². The molecule has 0 bridgehead atoms. The second-order valence-corrected chi connectivity index (χ2v) is 6.33. The monoisotopic (exact) mass is 307 g/mol. The Kier molecular flexibility index (Phi) is 3.71. The fourth-order valence-electron chi connectivity index (χ4n) is 2.56. The molecule has 0 aliphatic carbocycles. The number of aryl methyl sites for hydroxylation is 1. The number of fused-ring (bicyclic) bond motifs is 2. The fourth-order valence-corrected chi connectivity index (χ4v) is 3.14. The maximum Gasteiger partial charge on any atom is 0.267 e. The van der Waals surface area contributed by atoms with Crippen molar-refractivity contribution < 1.29 is 4.21 Å². The Balaban J connectivity index is 2.25. The van der Waals surface area contributed by atoms with Crippen LogP contribution >= 0.6 is 0 Å². The highest BCUT2D eigenvalue weighted by molar-refractivity contribution is 7.84. The standard InChI is InChI=1S/C13H17N5O2S/c1-3-4-5-8-17-10-9(6-7-14-10)11(19)18-12(17)15-16-13(18)21(2)20/h7H,3-6,8H2,1-2H3. The van der Waals surface area contributed by atoms with Gasteiger partial charge in [-0.15, -0.1) is 10.2 Å². The second-order valence-electron chi connectivity index (χ2n) is 5.05. The molecule has 2 aromatic rings. The van der Waals surface area contributed by atoms with Crippen LogP contribution in [0.3, 0.4) is 0 Å². The average molecular weight is 307 g/mol. The van der Waals surface area contributed by atoms with Crippen molar-refractivity contribution in [1.82, 2.24) is 19.2 Å². The molecule has 1 aliphatic heterocycles. The predicted molar refractivity (Wildman–Crippen MR) is 81.0 cm³/mol. The first-order valence-electron chi connectivity index (χ1n) is 7.02. The molecule has 0 saturated carbocycles. The van der Waals surface area contributed by atoms with Crippen LogP contribution in [0.1, 0.15) is 31.7 Å². The summed E-state index contributed by atoms with van der Waals surface area (Å²) in [7, 11) is -1.36. The summed E-state index contributed by atoms with van der Waals surface area (Å²) >= 11 is 0. The quantitative estimate of drug-likeness (QED) is 0.774. The van der Waals surface area contributed by atoms with Crippen LogP contribution in [0.15, 0.2) is 14.9 Å². The first-order valence-corrected chi connectivity index (χ1v) is 8.57. The van der Waals surface area contributed by atoms with Gasteiger partial charge in [0.25, 0.3) is 5.56 Å². The molecule has 8 heteroatoms. The molecular weight excluding hydrogens is 290 g/mol. The molecule has 0 aromatic carbocycles. The number of rotatable bonds is 5. The van der Waals surface area contributed by atoms with Crippen LogP contribution in [0.4, 0.5) is 5.82 Å². The van der Waals surface area contributed by atoms with E-state index in [1.165, 1.54) is 10.7 Å². The summed E-state index contributed by atoms with van der Waals surface area (Å²) in [6, 6.07) is 0. The molecule has 0 fully saturated rings. The van der Waals surface area contributed by atoms with Crippen molar-refractivity contribution in [2.75, 3.05) is 6.26 Å². The summed E-state index contributed by atoms with van der Waals surface area (Å²) in [6.45, 7) is 2.87. The van der Waals surface area contributed by atoms with E-state index in [9.17, 15) is 9.00 Å². The van der Waals surface area contributed by atoms with Crippen LogP contribution in [0, 0.1) is 0 Å². The lowest BCUT2D eigenvalue weighted by molar-refractivity contribution is 0.601. The van der Waals surface area contributed by atoms with Gasteiger partial charge in [-0.1, -0.05) is 19.8 Å². The van der Waals surface area contributed by atoms with Gasteiger partial charge >= 0.3 is 0 Å². The normalized spacial score (nSPS) is 14.8. The summed E-state index contributed by atoms with van der Waals surface area (Å²) in [5, 5.41) is 8.19. The molecule has 21 heavy (non-hydrogen) atoms. The molecule has 0 saturated heterocycles. The largest absolute Gasteiger partial charge is 0.294 e. The molecule has 1 aliphatic rings. The van der Waals surface area contributed by atoms with Crippen LogP contribution in [-0.4, -0.2) is 35.8 Å². The fraction of sp³-hybridized carbons (Fsp3) is 0.538.